The lowest BCUT2D eigenvalue weighted by atomic mass is 10.5. The average Bonchev–Trinajstić information content (AvgIpc) is 2.19. The second kappa shape index (κ2) is 10.0. The summed E-state index contributed by atoms with van der Waals surface area (Å²) in [5.41, 5.74) is 0. The monoisotopic (exact) mass is 199 g/mol. The molecule has 0 aliphatic heterocycles. The van der Waals surface area contributed by atoms with Crippen molar-refractivity contribution in [3.05, 3.63) is 47.2 Å². The van der Waals surface area contributed by atoms with Crippen LogP contribution in [0.25, 0.3) is 0 Å². The molecule has 0 unspecified atom stereocenters. The molecule has 0 atom stereocenters. The molecule has 1 aromatic heterocycles. The molecule has 0 aromatic carbocycles. The maximum absolute atomic E-state index is 8.51. The summed E-state index contributed by atoms with van der Waals surface area (Å²) in [7, 11) is 0. The molecule has 1 aromatic rings. The molecule has 0 bridgehead atoms. The van der Waals surface area contributed by atoms with Crippen LogP contribution in [0.15, 0.2) is 47.2 Å². The first-order valence-corrected chi connectivity index (χ1v) is 4.86. The van der Waals surface area contributed by atoms with E-state index >= 15 is 0 Å². The molecule has 0 radical (unpaired) electrons. The lowest BCUT2D eigenvalue weighted by Crippen LogP contribution is -1.38. The highest BCUT2D eigenvalue weighted by atomic mass is 32.1. The molecule has 64 valence electrons. The summed E-state index contributed by atoms with van der Waals surface area (Å²) in [6.45, 7) is 0. The van der Waals surface area contributed by atoms with Crippen LogP contribution in [0.3, 0.4) is 0 Å². The molecule has 0 saturated carbocycles. The minimum atomic E-state index is -0.250. The van der Waals surface area contributed by atoms with Crippen LogP contribution in [0.5, 0.6) is 0 Å². The first-order valence-electron chi connectivity index (χ1n) is 3.18. The van der Waals surface area contributed by atoms with Crippen LogP contribution < -0.4 is 0 Å². The number of hydrogen-bond donors (Lipinski definition) is 1. The minimum Gasteiger partial charge on any atom is -0.210 e. The van der Waals surface area contributed by atoms with E-state index in [4.69, 9.17) is 8.99 Å². The Morgan fingerprint density at radius 2 is 1.25 bits per heavy atom. The SMILES string of the molecule is N=S=O.c1ccccsccc1. The van der Waals surface area contributed by atoms with Gasteiger partial charge in [-0.25, -0.2) is 4.78 Å². The summed E-state index contributed by atoms with van der Waals surface area (Å²) in [6, 6.07) is 12.1. The Morgan fingerprint density at radius 3 is 1.67 bits per heavy atom. The van der Waals surface area contributed by atoms with Crippen LogP contribution in [0.1, 0.15) is 0 Å². The van der Waals surface area contributed by atoms with Crippen LogP contribution in [0.2, 0.25) is 0 Å². The first kappa shape index (κ1) is 11.0. The fourth-order valence-electron chi connectivity index (χ4n) is 0.483. The van der Waals surface area contributed by atoms with E-state index in [2.05, 4.69) is 0 Å². The predicted octanol–water partition coefficient (Wildman–Crippen LogP) is 2.83. The van der Waals surface area contributed by atoms with Gasteiger partial charge in [0.1, 0.15) is 0 Å². The second-order valence-corrected chi connectivity index (χ2v) is 2.63. The van der Waals surface area contributed by atoms with Gasteiger partial charge in [0.15, 0.2) is 11.5 Å². The Kier molecular flexibility index (Phi) is 9.17. The second-order valence-electron chi connectivity index (χ2n) is 1.65. The summed E-state index contributed by atoms with van der Waals surface area (Å²) in [6.07, 6.45) is 0. The summed E-state index contributed by atoms with van der Waals surface area (Å²) in [5, 5.41) is 4.08. The molecular weight excluding hydrogens is 190 g/mol. The molecule has 0 amide bonds. The van der Waals surface area contributed by atoms with E-state index in [0.29, 0.717) is 0 Å². The Balaban J connectivity index is 0.000000354. The van der Waals surface area contributed by atoms with E-state index in [9.17, 15) is 0 Å². The van der Waals surface area contributed by atoms with Gasteiger partial charge in [-0.2, -0.15) is 15.5 Å². The molecule has 0 aliphatic carbocycles. The quantitative estimate of drug-likeness (QED) is 0.685. The minimum absolute atomic E-state index is 0.250. The molecule has 4 heteroatoms. The largest absolute Gasteiger partial charge is 0.210 e. The van der Waals surface area contributed by atoms with E-state index in [1.165, 1.54) is 0 Å². The zero-order chi connectivity index (χ0) is 9.07. The normalized spacial score (nSPS) is 7.00. The molecule has 0 fully saturated rings. The van der Waals surface area contributed by atoms with Crippen molar-refractivity contribution in [3.63, 3.8) is 0 Å². The van der Waals surface area contributed by atoms with Crippen molar-refractivity contribution in [1.29, 1.82) is 4.78 Å². The van der Waals surface area contributed by atoms with E-state index in [1.807, 2.05) is 47.2 Å². The van der Waals surface area contributed by atoms with Gasteiger partial charge >= 0.3 is 0 Å². The fraction of sp³-hybridized carbons (Fsp3) is 0. The first-order chi connectivity index (χ1) is 5.91. The highest BCUT2D eigenvalue weighted by Crippen LogP contribution is 1.88. The van der Waals surface area contributed by atoms with Crippen molar-refractivity contribution in [1.82, 2.24) is 0 Å². The Bertz CT molecular complexity index is 203. The third kappa shape index (κ3) is 9.00. The molecule has 0 saturated heterocycles. The molecule has 12 heavy (non-hydrogen) atoms. The smallest absolute Gasteiger partial charge is 0.196 e. The lowest BCUT2D eigenvalue weighted by Gasteiger charge is -1.59. The fourth-order valence-corrected chi connectivity index (χ4v) is 0.937. The van der Waals surface area contributed by atoms with Crippen LogP contribution in [-0.4, -0.2) is 4.21 Å². The maximum Gasteiger partial charge on any atom is 0.196 e. The van der Waals surface area contributed by atoms with Crippen molar-refractivity contribution < 1.29 is 4.21 Å². The van der Waals surface area contributed by atoms with Gasteiger partial charge in [0.05, 0.1) is 0 Å². The Hall–Kier alpha value is -1.00. The molecular formula is C8H9NOS2. The van der Waals surface area contributed by atoms with Gasteiger partial charge in [-0.1, -0.05) is 36.4 Å². The lowest BCUT2D eigenvalue weighted by molar-refractivity contribution is 0.697. The van der Waals surface area contributed by atoms with Crippen molar-refractivity contribution in [2.24, 2.45) is 0 Å². The van der Waals surface area contributed by atoms with Crippen LogP contribution in [-0.2, 0) is 11.5 Å². The highest BCUT2D eigenvalue weighted by molar-refractivity contribution is 7.53. The zero-order valence-electron chi connectivity index (χ0n) is 6.34. The molecule has 0 aliphatic rings. The Labute approximate surface area is 79.3 Å². The summed E-state index contributed by atoms with van der Waals surface area (Å²) >= 11 is 1.43. The molecule has 1 N–H and O–H groups in total. The molecule has 1 rings (SSSR count). The van der Waals surface area contributed by atoms with Crippen LogP contribution in [0.4, 0.5) is 0 Å². The predicted molar refractivity (Wildman–Crippen MR) is 52.8 cm³/mol. The summed E-state index contributed by atoms with van der Waals surface area (Å²) < 4.78 is 14.1. The third-order valence-electron chi connectivity index (χ3n) is 0.870. The van der Waals surface area contributed by atoms with Crippen LogP contribution >= 0.6 is 11.3 Å². The summed E-state index contributed by atoms with van der Waals surface area (Å²) in [5.74, 6) is 0. The van der Waals surface area contributed by atoms with Crippen molar-refractivity contribution in [2.75, 3.05) is 0 Å². The topological polar surface area (TPSA) is 40.9 Å². The van der Waals surface area contributed by atoms with Crippen molar-refractivity contribution in [3.8, 4) is 0 Å². The highest BCUT2D eigenvalue weighted by Gasteiger charge is 1.58. The number of rotatable bonds is 0. The standard InChI is InChI=1S/C8H8S.HNOS/c1-2-4-6-8-9-7-5-3-1;1-3-2/h1-8H;1H. The van der Waals surface area contributed by atoms with Crippen molar-refractivity contribution >= 4 is 22.8 Å². The van der Waals surface area contributed by atoms with Gasteiger partial charge in [-0.05, 0) is 10.8 Å². The van der Waals surface area contributed by atoms with Gasteiger partial charge in [-0.3, -0.25) is 0 Å². The van der Waals surface area contributed by atoms with Crippen LogP contribution in [0, 0.1) is 4.78 Å². The third-order valence-corrected chi connectivity index (χ3v) is 1.50. The van der Waals surface area contributed by atoms with E-state index in [1.54, 1.807) is 11.3 Å². The zero-order valence-corrected chi connectivity index (χ0v) is 7.98. The average molecular weight is 199 g/mol. The molecule has 1 heterocycles. The Morgan fingerprint density at radius 1 is 0.917 bits per heavy atom. The number of nitrogens with one attached hydrogen (secondary N) is 1. The van der Waals surface area contributed by atoms with E-state index in [0.717, 1.165) is 0 Å². The van der Waals surface area contributed by atoms with Gasteiger partial charge in [0, 0.05) is 0 Å². The van der Waals surface area contributed by atoms with Crippen molar-refractivity contribution in [2.45, 2.75) is 0 Å². The van der Waals surface area contributed by atoms with Gasteiger partial charge in [0.25, 0.3) is 0 Å². The summed E-state index contributed by atoms with van der Waals surface area (Å²) in [4.78, 5) is 0. The van der Waals surface area contributed by atoms with Gasteiger partial charge in [-0.15, -0.1) is 0 Å². The van der Waals surface area contributed by atoms with E-state index in [-0.39, 0.29) is 11.5 Å². The van der Waals surface area contributed by atoms with E-state index < -0.39 is 0 Å². The van der Waals surface area contributed by atoms with Gasteiger partial charge in [0.2, 0.25) is 0 Å². The van der Waals surface area contributed by atoms with Gasteiger partial charge < -0.3 is 0 Å². The molecule has 2 nitrogen and oxygen atoms in total. The molecule has 0 spiro atoms. The maximum atomic E-state index is 8.51. The number of hydrogen-bond acceptors (Lipinski definition) is 3.